The van der Waals surface area contributed by atoms with Crippen LogP contribution in [0.2, 0.25) is 0 Å². The van der Waals surface area contributed by atoms with Crippen molar-refractivity contribution >= 4 is 0 Å². The molecule has 1 atom stereocenters. The van der Waals surface area contributed by atoms with E-state index in [0.717, 1.165) is 6.08 Å². The number of alkyl halides is 3. The van der Waals surface area contributed by atoms with Gasteiger partial charge in [-0.1, -0.05) is 25.2 Å². The molecule has 0 aliphatic heterocycles. The Kier molecular flexibility index (Phi) is 2.07. The summed E-state index contributed by atoms with van der Waals surface area (Å²) in [5, 5.41) is 0. The molecule has 1 aliphatic carbocycles. The van der Waals surface area contributed by atoms with Gasteiger partial charge in [0.1, 0.15) is 0 Å². The van der Waals surface area contributed by atoms with Crippen molar-refractivity contribution in [2.24, 2.45) is 5.92 Å². The van der Waals surface area contributed by atoms with Crippen LogP contribution in [0.5, 0.6) is 0 Å². The average Bonchev–Trinajstić information content (AvgIpc) is 1.86. The highest BCUT2D eigenvalue weighted by molar-refractivity contribution is 5.22. The van der Waals surface area contributed by atoms with Crippen LogP contribution < -0.4 is 0 Å². The van der Waals surface area contributed by atoms with Gasteiger partial charge in [-0.3, -0.25) is 0 Å². The molecule has 0 aromatic carbocycles. The minimum atomic E-state index is -4.14. The maximum absolute atomic E-state index is 12.0. The van der Waals surface area contributed by atoms with E-state index >= 15 is 0 Å². The Hall–Kier alpha value is -0.730. The predicted octanol–water partition coefficient (Wildman–Crippen LogP) is 3.07. The zero-order valence-electron chi connectivity index (χ0n) is 6.15. The number of hydrogen-bond donors (Lipinski definition) is 0. The molecule has 0 saturated heterocycles. The van der Waals surface area contributed by atoms with Gasteiger partial charge in [0.05, 0.1) is 0 Å². The van der Waals surface area contributed by atoms with Crippen molar-refractivity contribution in [3.05, 3.63) is 23.8 Å². The largest absolute Gasteiger partial charge is 0.412 e. The number of halogens is 3. The monoisotopic (exact) mass is 162 g/mol. The van der Waals surface area contributed by atoms with Gasteiger partial charge in [0.2, 0.25) is 0 Å². The molecule has 0 amide bonds. The Labute approximate surface area is 63.4 Å². The van der Waals surface area contributed by atoms with Crippen molar-refractivity contribution in [2.75, 3.05) is 0 Å². The summed E-state index contributed by atoms with van der Waals surface area (Å²) in [6.45, 7) is 1.77. The summed E-state index contributed by atoms with van der Waals surface area (Å²) >= 11 is 0. The first kappa shape index (κ1) is 8.37. The highest BCUT2D eigenvalue weighted by Crippen LogP contribution is 2.32. The van der Waals surface area contributed by atoms with Crippen LogP contribution in [0.15, 0.2) is 23.8 Å². The first-order valence-electron chi connectivity index (χ1n) is 3.44. The van der Waals surface area contributed by atoms with E-state index in [1.807, 2.05) is 0 Å². The summed E-state index contributed by atoms with van der Waals surface area (Å²) in [4.78, 5) is 0. The molecule has 0 spiro atoms. The van der Waals surface area contributed by atoms with Gasteiger partial charge in [-0.15, -0.1) is 0 Å². The van der Waals surface area contributed by atoms with Gasteiger partial charge in [-0.2, -0.15) is 13.2 Å². The van der Waals surface area contributed by atoms with E-state index in [1.165, 1.54) is 6.08 Å². The van der Waals surface area contributed by atoms with E-state index in [0.29, 0.717) is 0 Å². The quantitative estimate of drug-likeness (QED) is 0.513. The molecule has 0 heterocycles. The molecule has 1 rings (SSSR count). The molecule has 3 heteroatoms. The lowest BCUT2D eigenvalue weighted by Crippen LogP contribution is -2.15. The maximum Gasteiger partial charge on any atom is 0.412 e. The van der Waals surface area contributed by atoms with Crippen LogP contribution in [0.25, 0.3) is 0 Å². The fourth-order valence-electron chi connectivity index (χ4n) is 1.05. The summed E-state index contributed by atoms with van der Waals surface area (Å²) in [5.74, 6) is 0.0108. The third-order valence-corrected chi connectivity index (χ3v) is 1.64. The summed E-state index contributed by atoms with van der Waals surface area (Å²) in [5.41, 5.74) is -0.424. The Morgan fingerprint density at radius 1 is 1.45 bits per heavy atom. The van der Waals surface area contributed by atoms with Gasteiger partial charge in [0.25, 0.3) is 0 Å². The van der Waals surface area contributed by atoms with Crippen molar-refractivity contribution in [1.29, 1.82) is 0 Å². The maximum atomic E-state index is 12.0. The molecule has 0 nitrogen and oxygen atoms in total. The van der Waals surface area contributed by atoms with Crippen molar-refractivity contribution in [2.45, 2.75) is 19.5 Å². The summed E-state index contributed by atoms with van der Waals surface area (Å²) in [7, 11) is 0. The molecule has 62 valence electrons. The zero-order chi connectivity index (χ0) is 8.48. The van der Waals surface area contributed by atoms with E-state index in [4.69, 9.17) is 0 Å². The molecule has 0 bridgehead atoms. The third-order valence-electron chi connectivity index (χ3n) is 1.64. The zero-order valence-corrected chi connectivity index (χ0v) is 6.15. The molecule has 0 fully saturated rings. The summed E-state index contributed by atoms with van der Waals surface area (Å²) < 4.78 is 36.0. The van der Waals surface area contributed by atoms with Crippen LogP contribution in [0.4, 0.5) is 13.2 Å². The van der Waals surface area contributed by atoms with Crippen molar-refractivity contribution in [3.63, 3.8) is 0 Å². The Morgan fingerprint density at radius 2 is 2.09 bits per heavy atom. The predicted molar refractivity (Wildman–Crippen MR) is 37.1 cm³/mol. The molecule has 11 heavy (non-hydrogen) atoms. The molecule has 0 aromatic heterocycles. The van der Waals surface area contributed by atoms with E-state index in [2.05, 4.69) is 0 Å². The first-order valence-corrected chi connectivity index (χ1v) is 3.44. The molecular weight excluding hydrogens is 153 g/mol. The van der Waals surface area contributed by atoms with Gasteiger partial charge in [-0.25, -0.2) is 0 Å². The second-order valence-electron chi connectivity index (χ2n) is 2.76. The van der Waals surface area contributed by atoms with E-state index in [9.17, 15) is 13.2 Å². The first-order chi connectivity index (χ1) is 5.00. The fourth-order valence-corrected chi connectivity index (χ4v) is 1.05. The normalized spacial score (nSPS) is 25.1. The van der Waals surface area contributed by atoms with Gasteiger partial charge >= 0.3 is 6.18 Å². The average molecular weight is 162 g/mol. The summed E-state index contributed by atoms with van der Waals surface area (Å²) in [6, 6.07) is 0. The van der Waals surface area contributed by atoms with Crippen molar-refractivity contribution in [1.82, 2.24) is 0 Å². The van der Waals surface area contributed by atoms with Crippen LogP contribution in [-0.4, -0.2) is 6.18 Å². The van der Waals surface area contributed by atoms with Crippen LogP contribution >= 0.6 is 0 Å². The van der Waals surface area contributed by atoms with Crippen molar-refractivity contribution < 1.29 is 13.2 Å². The van der Waals surface area contributed by atoms with Gasteiger partial charge in [0, 0.05) is 5.57 Å². The number of allylic oxidation sites excluding steroid dienone is 4. The SMILES string of the molecule is C[C@@H]1C=CC=C(C(F)(F)F)C1. The summed E-state index contributed by atoms with van der Waals surface area (Å²) in [6.07, 6.45) is 0.352. The van der Waals surface area contributed by atoms with Crippen LogP contribution in [-0.2, 0) is 0 Å². The lowest BCUT2D eigenvalue weighted by Gasteiger charge is -2.16. The van der Waals surface area contributed by atoms with Gasteiger partial charge in [-0.05, 0) is 12.3 Å². The molecule has 1 aliphatic rings. The Balaban J connectivity index is 2.75. The molecule has 0 unspecified atom stereocenters. The van der Waals surface area contributed by atoms with Crippen molar-refractivity contribution in [3.8, 4) is 0 Å². The lowest BCUT2D eigenvalue weighted by atomic mass is 9.96. The standard InChI is InChI=1S/C8H9F3/c1-6-3-2-4-7(5-6)8(9,10)11/h2-4,6H,5H2,1H3/t6-/m1/s1. The van der Waals surface area contributed by atoms with E-state index in [-0.39, 0.29) is 12.3 Å². The Bertz CT molecular complexity index is 198. The fraction of sp³-hybridized carbons (Fsp3) is 0.500. The van der Waals surface area contributed by atoms with Crippen LogP contribution in [0.1, 0.15) is 13.3 Å². The highest BCUT2D eigenvalue weighted by atomic mass is 19.4. The Morgan fingerprint density at radius 3 is 2.45 bits per heavy atom. The molecular formula is C8H9F3. The third kappa shape index (κ3) is 2.10. The second kappa shape index (κ2) is 2.72. The minimum absolute atomic E-state index is 0.0108. The molecule has 0 radical (unpaired) electrons. The van der Waals surface area contributed by atoms with E-state index < -0.39 is 11.7 Å². The van der Waals surface area contributed by atoms with E-state index in [1.54, 1.807) is 13.0 Å². The lowest BCUT2D eigenvalue weighted by molar-refractivity contribution is -0.0949. The molecule has 0 aromatic rings. The van der Waals surface area contributed by atoms with Gasteiger partial charge < -0.3 is 0 Å². The molecule has 0 saturated carbocycles. The minimum Gasteiger partial charge on any atom is -0.166 e. The smallest absolute Gasteiger partial charge is 0.166 e. The second-order valence-corrected chi connectivity index (χ2v) is 2.76. The number of hydrogen-bond acceptors (Lipinski definition) is 0. The van der Waals surface area contributed by atoms with Gasteiger partial charge in [0.15, 0.2) is 0 Å². The number of rotatable bonds is 0. The molecule has 0 N–H and O–H groups in total. The van der Waals surface area contributed by atoms with Crippen LogP contribution in [0.3, 0.4) is 0 Å². The topological polar surface area (TPSA) is 0 Å². The highest BCUT2D eigenvalue weighted by Gasteiger charge is 2.34. The van der Waals surface area contributed by atoms with Crippen LogP contribution in [0, 0.1) is 5.92 Å².